The number of rotatable bonds is 8. The van der Waals surface area contributed by atoms with Gasteiger partial charge in [-0.25, -0.2) is 0 Å². The zero-order valence-corrected chi connectivity index (χ0v) is 17.3. The molecule has 3 rings (SSSR count). The summed E-state index contributed by atoms with van der Waals surface area (Å²) in [6, 6.07) is 11.9. The maximum absolute atomic E-state index is 12.0. The topological polar surface area (TPSA) is 80.7 Å². The quantitative estimate of drug-likeness (QED) is 0.534. The van der Waals surface area contributed by atoms with Crippen LogP contribution >= 0.6 is 34.8 Å². The highest BCUT2D eigenvalue weighted by Gasteiger charge is 2.12. The third kappa shape index (κ3) is 5.64. The third-order valence-electron chi connectivity index (χ3n) is 3.92. The maximum atomic E-state index is 12.0. The van der Waals surface area contributed by atoms with Crippen LogP contribution in [0.25, 0.3) is 10.9 Å². The highest BCUT2D eigenvalue weighted by molar-refractivity contribution is 6.42. The average Bonchev–Trinajstić information content (AvgIpc) is 2.73. The van der Waals surface area contributed by atoms with E-state index in [0.717, 1.165) is 5.39 Å². The largest absolute Gasteiger partial charge is 0.489 e. The van der Waals surface area contributed by atoms with E-state index in [2.05, 4.69) is 10.3 Å². The first-order valence-electron chi connectivity index (χ1n) is 8.63. The molecule has 0 saturated carbocycles. The lowest BCUT2D eigenvalue weighted by Crippen LogP contribution is -2.37. The number of nitrogens with zero attached hydrogens (tertiary/aromatic N) is 1. The molecule has 1 unspecified atom stereocenters. The van der Waals surface area contributed by atoms with Gasteiger partial charge in [0.1, 0.15) is 34.7 Å². The Morgan fingerprint density at radius 1 is 1.03 bits per heavy atom. The monoisotopic (exact) mass is 454 g/mol. The summed E-state index contributed by atoms with van der Waals surface area (Å²) in [6.45, 7) is -0.312. The lowest BCUT2D eigenvalue weighted by atomic mass is 10.2. The molecule has 152 valence electrons. The second kappa shape index (κ2) is 9.98. The first kappa shape index (κ1) is 21.5. The Labute approximate surface area is 182 Å². The summed E-state index contributed by atoms with van der Waals surface area (Å²) < 4.78 is 11.0. The number of pyridine rings is 1. The van der Waals surface area contributed by atoms with Crippen molar-refractivity contribution in [3.63, 3.8) is 0 Å². The molecular weight excluding hydrogens is 439 g/mol. The molecule has 0 bridgehead atoms. The minimum Gasteiger partial charge on any atom is -0.489 e. The fourth-order valence-corrected chi connectivity index (χ4v) is 3.06. The van der Waals surface area contributed by atoms with Crippen LogP contribution < -0.4 is 14.8 Å². The van der Waals surface area contributed by atoms with Crippen LogP contribution in [-0.4, -0.2) is 41.9 Å². The van der Waals surface area contributed by atoms with Gasteiger partial charge in [0.25, 0.3) is 5.91 Å². The van der Waals surface area contributed by atoms with E-state index in [9.17, 15) is 9.90 Å². The molecule has 29 heavy (non-hydrogen) atoms. The van der Waals surface area contributed by atoms with Crippen LogP contribution in [0.3, 0.4) is 0 Å². The molecule has 1 amide bonds. The Kier molecular flexibility index (Phi) is 7.39. The van der Waals surface area contributed by atoms with Gasteiger partial charge in [-0.15, -0.1) is 0 Å². The molecule has 0 aliphatic rings. The Balaban J connectivity index is 1.47. The second-order valence-electron chi connectivity index (χ2n) is 6.05. The van der Waals surface area contributed by atoms with E-state index in [-0.39, 0.29) is 24.8 Å². The van der Waals surface area contributed by atoms with Crippen molar-refractivity contribution in [2.75, 3.05) is 19.8 Å². The highest BCUT2D eigenvalue weighted by atomic mass is 35.5. The first-order valence-corrected chi connectivity index (χ1v) is 9.76. The number of carbonyl (C=O) groups excluding carboxylic acids is 1. The van der Waals surface area contributed by atoms with Gasteiger partial charge in [-0.1, -0.05) is 40.9 Å². The number of aromatic nitrogens is 1. The van der Waals surface area contributed by atoms with Gasteiger partial charge in [0, 0.05) is 18.1 Å². The fraction of sp³-hybridized carbons (Fsp3) is 0.200. The standard InChI is InChI=1S/C20H17Cl3N2O4/c21-14-6-7-17(20-13(14)3-2-8-24-20)29-11-18(27)25-9-12(26)10-28-16-5-1-4-15(22)19(16)23/h1-8,12,26H,9-11H2,(H,25,27). The molecule has 1 atom stereocenters. The van der Waals surface area contributed by atoms with Crippen molar-refractivity contribution >= 4 is 51.6 Å². The van der Waals surface area contributed by atoms with E-state index in [4.69, 9.17) is 44.3 Å². The Hall–Kier alpha value is -2.25. The number of ether oxygens (including phenoxy) is 2. The lowest BCUT2D eigenvalue weighted by molar-refractivity contribution is -0.123. The van der Waals surface area contributed by atoms with Crippen molar-refractivity contribution in [1.82, 2.24) is 10.3 Å². The van der Waals surface area contributed by atoms with E-state index in [0.29, 0.717) is 27.1 Å². The molecule has 0 aliphatic carbocycles. The van der Waals surface area contributed by atoms with Crippen molar-refractivity contribution in [3.8, 4) is 11.5 Å². The van der Waals surface area contributed by atoms with Crippen molar-refractivity contribution in [1.29, 1.82) is 0 Å². The predicted octanol–water partition coefficient (Wildman–Crippen LogP) is 4.13. The molecule has 9 heteroatoms. The molecule has 0 saturated heterocycles. The first-order chi connectivity index (χ1) is 14.0. The van der Waals surface area contributed by atoms with E-state index >= 15 is 0 Å². The summed E-state index contributed by atoms with van der Waals surface area (Å²) in [6.07, 6.45) is 0.681. The van der Waals surface area contributed by atoms with Gasteiger partial charge in [0.05, 0.1) is 10.0 Å². The summed E-state index contributed by atoms with van der Waals surface area (Å²) >= 11 is 18.1. The van der Waals surface area contributed by atoms with Crippen molar-refractivity contribution in [2.45, 2.75) is 6.10 Å². The summed E-state index contributed by atoms with van der Waals surface area (Å²) in [5.41, 5.74) is 0.569. The molecule has 0 aliphatic heterocycles. The van der Waals surface area contributed by atoms with Crippen LogP contribution in [-0.2, 0) is 4.79 Å². The van der Waals surface area contributed by atoms with Gasteiger partial charge < -0.3 is 19.9 Å². The Bertz CT molecular complexity index is 1020. The number of hydrogen-bond acceptors (Lipinski definition) is 5. The number of amides is 1. The zero-order valence-electron chi connectivity index (χ0n) is 15.1. The summed E-state index contributed by atoms with van der Waals surface area (Å²) in [4.78, 5) is 16.3. The van der Waals surface area contributed by atoms with Crippen molar-refractivity contribution in [2.24, 2.45) is 0 Å². The number of benzene rings is 2. The van der Waals surface area contributed by atoms with Gasteiger partial charge in [-0.3, -0.25) is 9.78 Å². The minimum absolute atomic E-state index is 0.0139. The van der Waals surface area contributed by atoms with E-state index in [1.54, 1.807) is 42.6 Å². The molecule has 1 aromatic heterocycles. The van der Waals surface area contributed by atoms with Crippen molar-refractivity contribution in [3.05, 3.63) is 63.7 Å². The smallest absolute Gasteiger partial charge is 0.258 e. The van der Waals surface area contributed by atoms with E-state index in [1.165, 1.54) is 0 Å². The van der Waals surface area contributed by atoms with Crippen LogP contribution in [0.1, 0.15) is 0 Å². The van der Waals surface area contributed by atoms with Crippen LogP contribution in [0.15, 0.2) is 48.7 Å². The maximum Gasteiger partial charge on any atom is 0.258 e. The SMILES string of the molecule is O=C(COc1ccc(Cl)c2cccnc12)NCC(O)COc1cccc(Cl)c1Cl. The van der Waals surface area contributed by atoms with Gasteiger partial charge in [-0.05, 0) is 36.4 Å². The van der Waals surface area contributed by atoms with Crippen LogP contribution in [0.4, 0.5) is 0 Å². The number of halogens is 3. The number of aliphatic hydroxyl groups is 1. The normalized spacial score (nSPS) is 11.9. The molecule has 2 N–H and O–H groups in total. The molecule has 2 aromatic carbocycles. The number of hydrogen-bond donors (Lipinski definition) is 2. The highest BCUT2D eigenvalue weighted by Crippen LogP contribution is 2.31. The molecule has 0 spiro atoms. The predicted molar refractivity (Wildman–Crippen MR) is 113 cm³/mol. The molecule has 0 fully saturated rings. The molecular formula is C20H17Cl3N2O4. The number of fused-ring (bicyclic) bond motifs is 1. The van der Waals surface area contributed by atoms with Gasteiger partial charge in [0.15, 0.2) is 6.61 Å². The van der Waals surface area contributed by atoms with Gasteiger partial charge in [0.2, 0.25) is 0 Å². The Morgan fingerprint density at radius 2 is 1.86 bits per heavy atom. The van der Waals surface area contributed by atoms with E-state index in [1.807, 2.05) is 6.07 Å². The molecule has 3 aromatic rings. The third-order valence-corrected chi connectivity index (χ3v) is 5.05. The molecule has 0 radical (unpaired) electrons. The number of carbonyl (C=O) groups is 1. The molecule has 1 heterocycles. The van der Waals surface area contributed by atoms with Crippen LogP contribution in [0, 0.1) is 0 Å². The second-order valence-corrected chi connectivity index (χ2v) is 7.25. The fourth-order valence-electron chi connectivity index (χ4n) is 2.49. The minimum atomic E-state index is -0.938. The number of aliphatic hydroxyl groups excluding tert-OH is 1. The van der Waals surface area contributed by atoms with Crippen LogP contribution in [0.2, 0.25) is 15.1 Å². The van der Waals surface area contributed by atoms with Gasteiger partial charge >= 0.3 is 0 Å². The summed E-state index contributed by atoms with van der Waals surface area (Å²) in [5.74, 6) is 0.401. The zero-order chi connectivity index (χ0) is 20.8. The Morgan fingerprint density at radius 3 is 2.69 bits per heavy atom. The molecule has 6 nitrogen and oxygen atoms in total. The number of nitrogens with one attached hydrogen (secondary N) is 1. The summed E-state index contributed by atoms with van der Waals surface area (Å²) in [7, 11) is 0. The summed E-state index contributed by atoms with van der Waals surface area (Å²) in [5, 5.41) is 14.5. The van der Waals surface area contributed by atoms with Crippen LogP contribution in [0.5, 0.6) is 11.5 Å². The lowest BCUT2D eigenvalue weighted by Gasteiger charge is -2.15. The van der Waals surface area contributed by atoms with Gasteiger partial charge in [-0.2, -0.15) is 0 Å². The average molecular weight is 456 g/mol. The van der Waals surface area contributed by atoms with Crippen molar-refractivity contribution < 1.29 is 19.4 Å². The van der Waals surface area contributed by atoms with E-state index < -0.39 is 12.0 Å².